The molecule has 0 aromatic heterocycles. The molecular formula is C18H20ClNO2. The zero-order valence-corrected chi connectivity index (χ0v) is 13.8. The summed E-state index contributed by atoms with van der Waals surface area (Å²) in [7, 11) is 0. The number of carbonyl (C=O) groups is 1. The number of hydrogen-bond acceptors (Lipinski definition) is 2. The highest BCUT2D eigenvalue weighted by Crippen LogP contribution is 2.22. The van der Waals surface area contributed by atoms with Gasteiger partial charge in [0, 0.05) is 10.7 Å². The van der Waals surface area contributed by atoms with Crippen LogP contribution in [0.1, 0.15) is 24.5 Å². The topological polar surface area (TPSA) is 38.3 Å². The molecule has 0 heterocycles. The summed E-state index contributed by atoms with van der Waals surface area (Å²) >= 11 is 6.08. The van der Waals surface area contributed by atoms with Gasteiger partial charge in [-0.1, -0.05) is 42.8 Å². The SMILES string of the molecule is CC[C@@H](Oc1ccccc1C)C(=O)Nc1ccc(C)c(Cl)c1. The lowest BCUT2D eigenvalue weighted by molar-refractivity contribution is -0.122. The Morgan fingerprint density at radius 1 is 1.18 bits per heavy atom. The van der Waals surface area contributed by atoms with E-state index in [0.29, 0.717) is 17.1 Å². The molecule has 0 fully saturated rings. The van der Waals surface area contributed by atoms with Crippen LogP contribution in [0.4, 0.5) is 5.69 Å². The fraction of sp³-hybridized carbons (Fsp3) is 0.278. The van der Waals surface area contributed by atoms with Crippen LogP contribution in [0.2, 0.25) is 5.02 Å². The van der Waals surface area contributed by atoms with Crippen LogP contribution in [-0.4, -0.2) is 12.0 Å². The molecule has 0 radical (unpaired) electrons. The van der Waals surface area contributed by atoms with Gasteiger partial charge in [-0.3, -0.25) is 4.79 Å². The number of para-hydroxylation sites is 1. The van der Waals surface area contributed by atoms with Crippen molar-refractivity contribution in [2.75, 3.05) is 5.32 Å². The van der Waals surface area contributed by atoms with Crippen LogP contribution >= 0.6 is 11.6 Å². The fourth-order valence-corrected chi connectivity index (χ4v) is 2.24. The van der Waals surface area contributed by atoms with Crippen LogP contribution in [0.5, 0.6) is 5.75 Å². The van der Waals surface area contributed by atoms with Gasteiger partial charge in [-0.25, -0.2) is 0 Å². The number of amides is 1. The Morgan fingerprint density at radius 2 is 1.91 bits per heavy atom. The molecule has 0 aliphatic heterocycles. The van der Waals surface area contributed by atoms with Crippen molar-refractivity contribution in [2.45, 2.75) is 33.3 Å². The number of rotatable bonds is 5. The van der Waals surface area contributed by atoms with E-state index in [0.717, 1.165) is 16.9 Å². The van der Waals surface area contributed by atoms with Gasteiger partial charge in [0.1, 0.15) is 5.75 Å². The van der Waals surface area contributed by atoms with Gasteiger partial charge >= 0.3 is 0 Å². The number of aryl methyl sites for hydroxylation is 2. The van der Waals surface area contributed by atoms with Crippen molar-refractivity contribution >= 4 is 23.2 Å². The number of carbonyl (C=O) groups excluding carboxylic acids is 1. The molecule has 0 aliphatic rings. The number of nitrogens with one attached hydrogen (secondary N) is 1. The van der Waals surface area contributed by atoms with Crippen molar-refractivity contribution in [2.24, 2.45) is 0 Å². The molecule has 3 nitrogen and oxygen atoms in total. The van der Waals surface area contributed by atoms with Crippen molar-refractivity contribution < 1.29 is 9.53 Å². The molecule has 2 rings (SSSR count). The third-order valence-electron chi connectivity index (χ3n) is 3.47. The summed E-state index contributed by atoms with van der Waals surface area (Å²) in [6.45, 7) is 5.80. The molecule has 2 aromatic rings. The molecule has 1 amide bonds. The average Bonchev–Trinajstić information content (AvgIpc) is 2.50. The highest BCUT2D eigenvalue weighted by Gasteiger charge is 2.19. The molecule has 0 saturated carbocycles. The first-order valence-corrected chi connectivity index (χ1v) is 7.68. The lowest BCUT2D eigenvalue weighted by Gasteiger charge is -2.18. The second-order valence-electron chi connectivity index (χ2n) is 5.23. The van der Waals surface area contributed by atoms with Gasteiger partial charge in [0.05, 0.1) is 0 Å². The predicted octanol–water partition coefficient (Wildman–Crippen LogP) is 4.75. The van der Waals surface area contributed by atoms with Gasteiger partial charge in [-0.15, -0.1) is 0 Å². The molecule has 4 heteroatoms. The van der Waals surface area contributed by atoms with Crippen molar-refractivity contribution in [1.29, 1.82) is 0 Å². The summed E-state index contributed by atoms with van der Waals surface area (Å²) in [6, 6.07) is 13.1. The predicted molar refractivity (Wildman–Crippen MR) is 90.7 cm³/mol. The Hall–Kier alpha value is -2.00. The lowest BCUT2D eigenvalue weighted by atomic mass is 10.2. The van der Waals surface area contributed by atoms with Crippen molar-refractivity contribution in [1.82, 2.24) is 0 Å². The minimum Gasteiger partial charge on any atom is -0.480 e. The summed E-state index contributed by atoms with van der Waals surface area (Å²) in [6.07, 6.45) is 0.0425. The standard InChI is InChI=1S/C18H20ClNO2/c1-4-16(22-17-8-6-5-7-13(17)3)18(21)20-14-10-9-12(2)15(19)11-14/h5-11,16H,4H2,1-3H3,(H,20,21)/t16-/m1/s1. The minimum absolute atomic E-state index is 0.175. The molecular weight excluding hydrogens is 298 g/mol. The van der Waals surface area contributed by atoms with Crippen molar-refractivity contribution in [3.8, 4) is 5.75 Å². The van der Waals surface area contributed by atoms with Crippen LogP contribution in [-0.2, 0) is 4.79 Å². The second kappa shape index (κ2) is 7.32. The van der Waals surface area contributed by atoms with Crippen LogP contribution in [0.25, 0.3) is 0 Å². The minimum atomic E-state index is -0.541. The average molecular weight is 318 g/mol. The molecule has 0 saturated heterocycles. The maximum atomic E-state index is 12.4. The Labute approximate surface area is 136 Å². The van der Waals surface area contributed by atoms with E-state index in [-0.39, 0.29) is 5.91 Å². The molecule has 1 atom stereocenters. The van der Waals surface area contributed by atoms with Gasteiger partial charge in [0.2, 0.25) is 0 Å². The van der Waals surface area contributed by atoms with Crippen LogP contribution in [0, 0.1) is 13.8 Å². The second-order valence-corrected chi connectivity index (χ2v) is 5.64. The molecule has 0 spiro atoms. The van der Waals surface area contributed by atoms with Gasteiger partial charge in [-0.05, 0) is 49.6 Å². The number of halogens is 1. The molecule has 116 valence electrons. The van der Waals surface area contributed by atoms with E-state index in [2.05, 4.69) is 5.32 Å². The monoisotopic (exact) mass is 317 g/mol. The van der Waals surface area contributed by atoms with E-state index < -0.39 is 6.10 Å². The normalized spacial score (nSPS) is 11.8. The third kappa shape index (κ3) is 4.01. The van der Waals surface area contributed by atoms with E-state index >= 15 is 0 Å². The maximum absolute atomic E-state index is 12.4. The van der Waals surface area contributed by atoms with E-state index in [1.54, 1.807) is 6.07 Å². The molecule has 1 N–H and O–H groups in total. The Balaban J connectivity index is 2.08. The van der Waals surface area contributed by atoms with Crippen LogP contribution in [0.15, 0.2) is 42.5 Å². The maximum Gasteiger partial charge on any atom is 0.265 e. The molecule has 2 aromatic carbocycles. The van der Waals surface area contributed by atoms with Crippen LogP contribution in [0.3, 0.4) is 0 Å². The highest BCUT2D eigenvalue weighted by atomic mass is 35.5. The zero-order valence-electron chi connectivity index (χ0n) is 13.0. The number of hydrogen-bond donors (Lipinski definition) is 1. The molecule has 0 unspecified atom stereocenters. The van der Waals surface area contributed by atoms with Crippen LogP contribution < -0.4 is 10.1 Å². The van der Waals surface area contributed by atoms with E-state index in [9.17, 15) is 4.79 Å². The number of anilines is 1. The fourth-order valence-electron chi connectivity index (χ4n) is 2.06. The molecule has 0 bridgehead atoms. The quantitative estimate of drug-likeness (QED) is 0.864. The Bertz CT molecular complexity index is 670. The van der Waals surface area contributed by atoms with Gasteiger partial charge in [0.15, 0.2) is 6.10 Å². The largest absolute Gasteiger partial charge is 0.480 e. The van der Waals surface area contributed by atoms with E-state index in [1.807, 2.05) is 57.2 Å². The van der Waals surface area contributed by atoms with Gasteiger partial charge in [0.25, 0.3) is 5.91 Å². The van der Waals surface area contributed by atoms with Crippen molar-refractivity contribution in [3.63, 3.8) is 0 Å². The third-order valence-corrected chi connectivity index (χ3v) is 3.87. The summed E-state index contributed by atoms with van der Waals surface area (Å²) < 4.78 is 5.84. The van der Waals surface area contributed by atoms with E-state index in [1.165, 1.54) is 0 Å². The Morgan fingerprint density at radius 3 is 2.55 bits per heavy atom. The van der Waals surface area contributed by atoms with Crippen molar-refractivity contribution in [3.05, 3.63) is 58.6 Å². The molecule has 22 heavy (non-hydrogen) atoms. The lowest BCUT2D eigenvalue weighted by Crippen LogP contribution is -2.32. The van der Waals surface area contributed by atoms with E-state index in [4.69, 9.17) is 16.3 Å². The zero-order chi connectivity index (χ0) is 16.1. The number of benzene rings is 2. The smallest absolute Gasteiger partial charge is 0.265 e. The summed E-state index contributed by atoms with van der Waals surface area (Å²) in [4.78, 5) is 12.4. The summed E-state index contributed by atoms with van der Waals surface area (Å²) in [5, 5.41) is 3.48. The summed E-state index contributed by atoms with van der Waals surface area (Å²) in [5.41, 5.74) is 2.66. The Kier molecular flexibility index (Phi) is 5.45. The first kappa shape index (κ1) is 16.4. The number of ether oxygens (including phenoxy) is 1. The first-order chi connectivity index (χ1) is 10.5. The highest BCUT2D eigenvalue weighted by molar-refractivity contribution is 6.31. The molecule has 0 aliphatic carbocycles. The van der Waals surface area contributed by atoms with Gasteiger partial charge < -0.3 is 10.1 Å². The first-order valence-electron chi connectivity index (χ1n) is 7.30. The van der Waals surface area contributed by atoms with Gasteiger partial charge in [-0.2, -0.15) is 0 Å². The summed E-state index contributed by atoms with van der Waals surface area (Å²) in [5.74, 6) is 0.553.